The van der Waals surface area contributed by atoms with E-state index in [0.29, 0.717) is 13.0 Å². The first kappa shape index (κ1) is 14.5. The molecule has 0 saturated heterocycles. The van der Waals surface area contributed by atoms with Gasteiger partial charge in [-0.25, -0.2) is 0 Å². The molecule has 1 aromatic heterocycles. The maximum absolute atomic E-state index is 12.5. The summed E-state index contributed by atoms with van der Waals surface area (Å²) < 4.78 is 37.5. The summed E-state index contributed by atoms with van der Waals surface area (Å²) in [5.41, 5.74) is 6.48. The van der Waals surface area contributed by atoms with Crippen LogP contribution in [-0.4, -0.2) is 30.7 Å². The van der Waals surface area contributed by atoms with Crippen LogP contribution in [0.1, 0.15) is 24.9 Å². The second-order valence-electron chi connectivity index (χ2n) is 3.89. The van der Waals surface area contributed by atoms with Gasteiger partial charge in [0, 0.05) is 12.6 Å². The molecular formula is C11H17F3N2S. The van der Waals surface area contributed by atoms with Gasteiger partial charge in [-0.15, -0.1) is 0 Å². The largest absolute Gasteiger partial charge is 0.401 e. The molecule has 0 fully saturated rings. The molecule has 1 unspecified atom stereocenters. The van der Waals surface area contributed by atoms with Crippen LogP contribution in [0, 0.1) is 0 Å². The average molecular weight is 266 g/mol. The number of hydrogen-bond donors (Lipinski definition) is 1. The fourth-order valence-electron chi connectivity index (χ4n) is 1.82. The number of thiophene rings is 1. The Kier molecular flexibility index (Phi) is 5.42. The van der Waals surface area contributed by atoms with Crippen LogP contribution in [-0.2, 0) is 0 Å². The van der Waals surface area contributed by atoms with E-state index in [1.165, 1.54) is 16.2 Å². The summed E-state index contributed by atoms with van der Waals surface area (Å²) >= 11 is 1.47. The van der Waals surface area contributed by atoms with E-state index in [-0.39, 0.29) is 12.6 Å². The zero-order chi connectivity index (χ0) is 12.9. The number of hydrogen-bond acceptors (Lipinski definition) is 3. The molecule has 2 nitrogen and oxygen atoms in total. The van der Waals surface area contributed by atoms with Crippen molar-refractivity contribution in [1.82, 2.24) is 4.90 Å². The van der Waals surface area contributed by atoms with E-state index >= 15 is 0 Å². The van der Waals surface area contributed by atoms with Crippen LogP contribution in [0.4, 0.5) is 13.2 Å². The fraction of sp³-hybridized carbons (Fsp3) is 0.636. The molecule has 1 atom stereocenters. The van der Waals surface area contributed by atoms with E-state index in [0.717, 1.165) is 5.56 Å². The van der Waals surface area contributed by atoms with Crippen LogP contribution in [0.15, 0.2) is 16.8 Å². The van der Waals surface area contributed by atoms with Crippen LogP contribution >= 0.6 is 11.3 Å². The Bertz CT molecular complexity index is 311. The molecule has 1 heterocycles. The molecule has 17 heavy (non-hydrogen) atoms. The molecule has 0 amide bonds. The van der Waals surface area contributed by atoms with Gasteiger partial charge in [0.1, 0.15) is 0 Å². The van der Waals surface area contributed by atoms with Crippen molar-refractivity contribution in [1.29, 1.82) is 0 Å². The predicted molar refractivity (Wildman–Crippen MR) is 64.0 cm³/mol. The molecular weight excluding hydrogens is 249 g/mol. The van der Waals surface area contributed by atoms with Crippen molar-refractivity contribution in [2.24, 2.45) is 5.73 Å². The number of halogens is 3. The molecule has 1 rings (SSSR count). The third kappa shape index (κ3) is 4.65. The highest BCUT2D eigenvalue weighted by atomic mass is 32.1. The third-order valence-electron chi connectivity index (χ3n) is 2.49. The van der Waals surface area contributed by atoms with Crippen LogP contribution in [0.5, 0.6) is 0 Å². The molecule has 98 valence electrons. The highest BCUT2D eigenvalue weighted by Gasteiger charge is 2.33. The summed E-state index contributed by atoms with van der Waals surface area (Å²) in [5.74, 6) is 0. The Morgan fingerprint density at radius 1 is 1.47 bits per heavy atom. The molecule has 0 aromatic carbocycles. The highest BCUT2D eigenvalue weighted by molar-refractivity contribution is 7.07. The Labute approximate surface area is 103 Å². The smallest absolute Gasteiger partial charge is 0.329 e. The zero-order valence-corrected chi connectivity index (χ0v) is 10.5. The fourth-order valence-corrected chi connectivity index (χ4v) is 2.53. The molecule has 1 aromatic rings. The van der Waals surface area contributed by atoms with E-state index in [1.54, 1.807) is 0 Å². The average Bonchev–Trinajstić information content (AvgIpc) is 2.70. The van der Waals surface area contributed by atoms with Gasteiger partial charge in [-0.3, -0.25) is 4.90 Å². The van der Waals surface area contributed by atoms with E-state index < -0.39 is 12.7 Å². The minimum atomic E-state index is -4.18. The van der Waals surface area contributed by atoms with Gasteiger partial charge in [0.2, 0.25) is 0 Å². The van der Waals surface area contributed by atoms with E-state index in [4.69, 9.17) is 5.73 Å². The number of nitrogens with two attached hydrogens (primary N) is 1. The Morgan fingerprint density at radius 2 is 2.18 bits per heavy atom. The van der Waals surface area contributed by atoms with Crippen molar-refractivity contribution in [3.05, 3.63) is 22.4 Å². The minimum Gasteiger partial charge on any atom is -0.329 e. The second kappa shape index (κ2) is 6.37. The molecule has 0 bridgehead atoms. The lowest BCUT2D eigenvalue weighted by molar-refractivity contribution is -0.150. The molecule has 0 aliphatic carbocycles. The summed E-state index contributed by atoms with van der Waals surface area (Å²) in [4.78, 5) is 1.40. The first-order valence-electron chi connectivity index (χ1n) is 5.51. The first-order chi connectivity index (χ1) is 7.98. The zero-order valence-electron chi connectivity index (χ0n) is 9.70. The number of nitrogens with zero attached hydrogens (tertiary/aromatic N) is 1. The van der Waals surface area contributed by atoms with Crippen LogP contribution in [0.3, 0.4) is 0 Å². The quantitative estimate of drug-likeness (QED) is 0.857. The van der Waals surface area contributed by atoms with Crippen molar-refractivity contribution >= 4 is 11.3 Å². The standard InChI is InChI=1S/C11H17F3N2S/c1-2-4-16(8-11(12,13)14)10(6-15)9-3-5-17-7-9/h3,5,7,10H,2,4,6,8,15H2,1H3. The lowest BCUT2D eigenvalue weighted by Gasteiger charge is -2.30. The van der Waals surface area contributed by atoms with Gasteiger partial charge in [-0.2, -0.15) is 24.5 Å². The highest BCUT2D eigenvalue weighted by Crippen LogP contribution is 2.26. The third-order valence-corrected chi connectivity index (χ3v) is 3.19. The van der Waals surface area contributed by atoms with E-state index in [2.05, 4.69) is 0 Å². The van der Waals surface area contributed by atoms with Gasteiger partial charge in [-0.05, 0) is 35.4 Å². The van der Waals surface area contributed by atoms with Gasteiger partial charge in [-0.1, -0.05) is 6.92 Å². The summed E-state index contributed by atoms with van der Waals surface area (Å²) in [6.07, 6.45) is -3.50. The SMILES string of the molecule is CCCN(CC(F)(F)F)C(CN)c1ccsc1. The second-order valence-corrected chi connectivity index (χ2v) is 4.67. The molecule has 6 heteroatoms. The Hall–Kier alpha value is -0.590. The van der Waals surface area contributed by atoms with E-state index in [9.17, 15) is 13.2 Å². The summed E-state index contributed by atoms with van der Waals surface area (Å²) in [6, 6.07) is 1.49. The van der Waals surface area contributed by atoms with Gasteiger partial charge < -0.3 is 5.73 Å². The first-order valence-corrected chi connectivity index (χ1v) is 6.45. The molecule has 0 spiro atoms. The normalized spacial score (nSPS) is 14.2. The van der Waals surface area contributed by atoms with E-state index in [1.807, 2.05) is 23.8 Å². The molecule has 2 N–H and O–H groups in total. The van der Waals surface area contributed by atoms with Gasteiger partial charge in [0.25, 0.3) is 0 Å². The summed E-state index contributed by atoms with van der Waals surface area (Å²) in [6.45, 7) is 1.56. The molecule has 0 saturated carbocycles. The maximum atomic E-state index is 12.5. The van der Waals surface area contributed by atoms with Crippen LogP contribution in [0.25, 0.3) is 0 Å². The van der Waals surface area contributed by atoms with Crippen molar-refractivity contribution in [3.8, 4) is 0 Å². The maximum Gasteiger partial charge on any atom is 0.401 e. The van der Waals surface area contributed by atoms with Crippen molar-refractivity contribution in [2.75, 3.05) is 19.6 Å². The Balaban J connectivity index is 2.80. The van der Waals surface area contributed by atoms with Crippen molar-refractivity contribution in [2.45, 2.75) is 25.6 Å². The number of rotatable bonds is 6. The lowest BCUT2D eigenvalue weighted by Crippen LogP contribution is -2.40. The van der Waals surface area contributed by atoms with Gasteiger partial charge in [0.05, 0.1) is 6.54 Å². The topological polar surface area (TPSA) is 29.3 Å². The Morgan fingerprint density at radius 3 is 2.59 bits per heavy atom. The van der Waals surface area contributed by atoms with Gasteiger partial charge >= 0.3 is 6.18 Å². The molecule has 0 aliphatic heterocycles. The van der Waals surface area contributed by atoms with Crippen molar-refractivity contribution < 1.29 is 13.2 Å². The van der Waals surface area contributed by atoms with Crippen LogP contribution < -0.4 is 5.73 Å². The minimum absolute atomic E-state index is 0.201. The van der Waals surface area contributed by atoms with Gasteiger partial charge in [0.15, 0.2) is 0 Å². The van der Waals surface area contributed by atoms with Crippen LogP contribution in [0.2, 0.25) is 0 Å². The lowest BCUT2D eigenvalue weighted by atomic mass is 10.1. The van der Waals surface area contributed by atoms with Crippen molar-refractivity contribution in [3.63, 3.8) is 0 Å². The number of alkyl halides is 3. The summed E-state index contributed by atoms with van der Waals surface area (Å²) in [7, 11) is 0. The molecule has 0 radical (unpaired) electrons. The monoisotopic (exact) mass is 266 g/mol. The summed E-state index contributed by atoms with van der Waals surface area (Å²) in [5, 5.41) is 3.71. The molecule has 0 aliphatic rings. The predicted octanol–water partition coefficient (Wildman–Crippen LogP) is 3.02.